The molecule has 1 aromatic carbocycles. The first-order valence-corrected chi connectivity index (χ1v) is 6.25. The van der Waals surface area contributed by atoms with E-state index in [1.165, 1.54) is 6.07 Å². The fourth-order valence-corrected chi connectivity index (χ4v) is 1.80. The van der Waals surface area contributed by atoms with E-state index in [0.717, 1.165) is 31.5 Å². The van der Waals surface area contributed by atoms with Gasteiger partial charge in [-0.25, -0.2) is 14.2 Å². The lowest BCUT2D eigenvalue weighted by atomic mass is 10.2. The maximum atomic E-state index is 13.2. The van der Waals surface area contributed by atoms with E-state index in [4.69, 9.17) is 11.6 Å². The number of ether oxygens (including phenoxy) is 1. The molecule has 2 rings (SSSR count). The van der Waals surface area contributed by atoms with Crippen LogP contribution in [0.2, 0.25) is 5.02 Å². The molecular weight excluding hydrogens is 317 g/mol. The quantitative estimate of drug-likeness (QED) is 0.526. The molecule has 1 heterocycles. The van der Waals surface area contributed by atoms with E-state index >= 15 is 0 Å². The topological polar surface area (TPSA) is 94.4 Å². The number of methoxy groups -OCH3 is 1. The van der Waals surface area contributed by atoms with E-state index in [2.05, 4.69) is 15.0 Å². The van der Waals surface area contributed by atoms with Crippen LogP contribution in [0.15, 0.2) is 30.5 Å². The number of hydrogen-bond acceptors (Lipinski definition) is 6. The highest BCUT2D eigenvalue weighted by Crippen LogP contribution is 2.28. The molecule has 0 spiro atoms. The summed E-state index contributed by atoms with van der Waals surface area (Å²) in [5.74, 6) is -1.41. The lowest BCUT2D eigenvalue weighted by Crippen LogP contribution is -2.08. The van der Waals surface area contributed by atoms with Crippen molar-refractivity contribution in [1.29, 1.82) is 0 Å². The summed E-state index contributed by atoms with van der Waals surface area (Å²) in [6.45, 7) is 0. The third-order valence-electron chi connectivity index (χ3n) is 2.67. The van der Waals surface area contributed by atoms with Gasteiger partial charge in [0.1, 0.15) is 23.4 Å². The molecule has 114 valence electrons. The largest absolute Gasteiger partial charge is 0.465 e. The molecule has 1 aromatic heterocycles. The molecule has 0 radical (unpaired) electrons. The van der Waals surface area contributed by atoms with Crippen molar-refractivity contribution in [2.24, 2.45) is 0 Å². The molecule has 0 unspecified atom stereocenters. The highest BCUT2D eigenvalue weighted by atomic mass is 35.5. The molecule has 0 saturated heterocycles. The van der Waals surface area contributed by atoms with Crippen LogP contribution in [0, 0.1) is 15.9 Å². The van der Waals surface area contributed by atoms with Crippen molar-refractivity contribution >= 4 is 34.8 Å². The second kappa shape index (κ2) is 6.35. The summed E-state index contributed by atoms with van der Waals surface area (Å²) in [7, 11) is 1.13. The van der Waals surface area contributed by atoms with Gasteiger partial charge in [-0.3, -0.25) is 10.1 Å². The number of hydrogen-bond donors (Lipinski definition) is 1. The number of anilines is 2. The van der Waals surface area contributed by atoms with Gasteiger partial charge in [0.25, 0.3) is 5.69 Å². The molecule has 7 nitrogen and oxygen atoms in total. The van der Waals surface area contributed by atoms with E-state index < -0.39 is 16.7 Å². The van der Waals surface area contributed by atoms with Gasteiger partial charge in [-0.15, -0.1) is 0 Å². The van der Waals surface area contributed by atoms with E-state index in [-0.39, 0.29) is 27.8 Å². The number of rotatable bonds is 4. The first-order chi connectivity index (χ1) is 10.4. The predicted molar refractivity (Wildman–Crippen MR) is 76.9 cm³/mol. The second-order valence-corrected chi connectivity index (χ2v) is 4.49. The van der Waals surface area contributed by atoms with Crippen molar-refractivity contribution in [3.8, 4) is 0 Å². The summed E-state index contributed by atoms with van der Waals surface area (Å²) in [5.41, 5.74) is -0.388. The Hall–Kier alpha value is -2.74. The summed E-state index contributed by atoms with van der Waals surface area (Å²) in [4.78, 5) is 25.6. The Bertz CT molecular complexity index is 754. The van der Waals surface area contributed by atoms with Crippen LogP contribution in [0.1, 0.15) is 10.4 Å². The van der Waals surface area contributed by atoms with Crippen LogP contribution >= 0.6 is 11.6 Å². The Balaban J connectivity index is 2.47. The minimum atomic E-state index is -0.828. The van der Waals surface area contributed by atoms with Crippen LogP contribution in [-0.2, 0) is 4.74 Å². The second-order valence-electron chi connectivity index (χ2n) is 4.09. The lowest BCUT2D eigenvalue weighted by molar-refractivity contribution is -0.385. The minimum Gasteiger partial charge on any atom is -0.465 e. The maximum absolute atomic E-state index is 13.2. The highest BCUT2D eigenvalue weighted by Gasteiger charge is 2.19. The number of aromatic nitrogens is 1. The smallest absolute Gasteiger partial charge is 0.341 e. The Morgan fingerprint density at radius 2 is 2.18 bits per heavy atom. The SMILES string of the molecule is COC(=O)c1cc([N+](=O)[O-])cnc1Nc1cc(F)ccc1Cl. The zero-order chi connectivity index (χ0) is 16.3. The van der Waals surface area contributed by atoms with Crippen molar-refractivity contribution in [3.63, 3.8) is 0 Å². The van der Waals surface area contributed by atoms with Gasteiger partial charge in [-0.2, -0.15) is 0 Å². The third-order valence-corrected chi connectivity index (χ3v) is 3.00. The fraction of sp³-hybridized carbons (Fsp3) is 0.0769. The number of nitrogens with one attached hydrogen (secondary N) is 1. The molecule has 9 heteroatoms. The monoisotopic (exact) mass is 325 g/mol. The molecule has 0 fully saturated rings. The number of carbonyl (C=O) groups is 1. The molecule has 0 aliphatic heterocycles. The van der Waals surface area contributed by atoms with Crippen LogP contribution < -0.4 is 5.32 Å². The fourth-order valence-electron chi connectivity index (χ4n) is 1.64. The molecular formula is C13H9ClFN3O4. The highest BCUT2D eigenvalue weighted by molar-refractivity contribution is 6.33. The Morgan fingerprint density at radius 3 is 2.82 bits per heavy atom. The van der Waals surface area contributed by atoms with Crippen LogP contribution in [0.3, 0.4) is 0 Å². The van der Waals surface area contributed by atoms with Crippen LogP contribution in [-0.4, -0.2) is 23.0 Å². The lowest BCUT2D eigenvalue weighted by Gasteiger charge is -2.11. The first-order valence-electron chi connectivity index (χ1n) is 5.87. The van der Waals surface area contributed by atoms with Gasteiger partial charge in [0.05, 0.1) is 22.7 Å². The van der Waals surface area contributed by atoms with E-state index in [9.17, 15) is 19.3 Å². The van der Waals surface area contributed by atoms with E-state index in [1.54, 1.807) is 0 Å². The van der Waals surface area contributed by atoms with Crippen molar-refractivity contribution in [2.75, 3.05) is 12.4 Å². The molecule has 0 amide bonds. The average Bonchev–Trinajstić information content (AvgIpc) is 2.50. The van der Waals surface area contributed by atoms with Gasteiger partial charge < -0.3 is 10.1 Å². The normalized spacial score (nSPS) is 10.1. The third kappa shape index (κ3) is 3.29. The van der Waals surface area contributed by atoms with Crippen molar-refractivity contribution in [2.45, 2.75) is 0 Å². The number of esters is 1. The van der Waals surface area contributed by atoms with Gasteiger partial charge >= 0.3 is 5.97 Å². The average molecular weight is 326 g/mol. The van der Waals surface area contributed by atoms with Gasteiger partial charge in [0.15, 0.2) is 0 Å². The Labute approximate surface area is 128 Å². The van der Waals surface area contributed by atoms with Gasteiger partial charge in [0.2, 0.25) is 0 Å². The van der Waals surface area contributed by atoms with Crippen molar-refractivity contribution in [3.05, 3.63) is 57.0 Å². The summed E-state index contributed by atoms with van der Waals surface area (Å²) in [5, 5.41) is 13.6. The Morgan fingerprint density at radius 1 is 1.45 bits per heavy atom. The number of pyridine rings is 1. The van der Waals surface area contributed by atoms with Gasteiger partial charge in [0, 0.05) is 6.07 Å². The molecule has 0 aliphatic rings. The number of benzene rings is 1. The number of nitro groups is 1. The Kier molecular flexibility index (Phi) is 4.52. The minimum absolute atomic E-state index is 0.0371. The van der Waals surface area contributed by atoms with Crippen molar-refractivity contribution < 1.29 is 18.8 Å². The number of carbonyl (C=O) groups excluding carboxylic acids is 1. The molecule has 1 N–H and O–H groups in total. The van der Waals surface area contributed by atoms with Gasteiger partial charge in [-0.1, -0.05) is 11.6 Å². The molecule has 0 bridgehead atoms. The maximum Gasteiger partial charge on any atom is 0.341 e. The molecule has 0 aliphatic carbocycles. The van der Waals surface area contributed by atoms with Gasteiger partial charge in [-0.05, 0) is 18.2 Å². The molecule has 0 atom stereocenters. The molecule has 2 aromatic rings. The predicted octanol–water partition coefficient (Wildman–Crippen LogP) is 3.31. The zero-order valence-electron chi connectivity index (χ0n) is 11.2. The summed E-state index contributed by atoms with van der Waals surface area (Å²) in [6.07, 6.45) is 0.960. The first kappa shape index (κ1) is 15.6. The van der Waals surface area contributed by atoms with E-state index in [0.29, 0.717) is 0 Å². The summed E-state index contributed by atoms with van der Waals surface area (Å²) < 4.78 is 17.8. The molecule has 22 heavy (non-hydrogen) atoms. The van der Waals surface area contributed by atoms with E-state index in [1.807, 2.05) is 0 Å². The zero-order valence-corrected chi connectivity index (χ0v) is 11.9. The van der Waals surface area contributed by atoms with Crippen LogP contribution in [0.4, 0.5) is 21.6 Å². The standard InChI is InChI=1S/C13H9ClFN3O4/c1-22-13(19)9-5-8(18(20)21)6-16-12(9)17-11-4-7(15)2-3-10(11)14/h2-6H,1H3,(H,16,17). The van der Waals surface area contributed by atoms with Crippen LogP contribution in [0.5, 0.6) is 0 Å². The van der Waals surface area contributed by atoms with Crippen LogP contribution in [0.25, 0.3) is 0 Å². The number of nitrogens with zero attached hydrogens (tertiary/aromatic N) is 2. The number of halogens is 2. The van der Waals surface area contributed by atoms with Crippen molar-refractivity contribution in [1.82, 2.24) is 4.98 Å². The molecule has 0 saturated carbocycles. The summed E-state index contributed by atoms with van der Waals surface area (Å²) >= 11 is 5.91. The summed E-state index contributed by atoms with van der Waals surface area (Å²) in [6, 6.07) is 4.60.